The van der Waals surface area contributed by atoms with E-state index in [4.69, 9.17) is 0 Å². The van der Waals surface area contributed by atoms with Crippen LogP contribution in [0.15, 0.2) is 42.5 Å². The molecule has 0 bridgehead atoms. The smallest absolute Gasteiger partial charge is 0.0720 e. The molecule has 0 aromatic heterocycles. The fourth-order valence-electron chi connectivity index (χ4n) is 2.72. The van der Waals surface area contributed by atoms with E-state index in [1.165, 1.54) is 50.5 Å². The van der Waals surface area contributed by atoms with Gasteiger partial charge in [0.25, 0.3) is 0 Å². The number of hydrogen-bond acceptors (Lipinski definition) is 1. The van der Waals surface area contributed by atoms with Gasteiger partial charge in [0.15, 0.2) is 0 Å². The molecule has 0 amide bonds. The summed E-state index contributed by atoms with van der Waals surface area (Å²) in [5.41, 5.74) is 1.42. The highest BCUT2D eigenvalue weighted by atomic mass is 16.3. The van der Waals surface area contributed by atoms with Crippen LogP contribution in [0.4, 0.5) is 0 Å². The molecule has 0 aliphatic carbocycles. The van der Waals surface area contributed by atoms with Gasteiger partial charge >= 0.3 is 0 Å². The molecule has 1 rings (SSSR count). The van der Waals surface area contributed by atoms with E-state index in [9.17, 15) is 5.11 Å². The van der Waals surface area contributed by atoms with Crippen LogP contribution in [0.2, 0.25) is 0 Å². The molecule has 0 aliphatic rings. The Morgan fingerprint density at radius 3 is 2.41 bits per heavy atom. The average Bonchev–Trinajstić information content (AvgIpc) is 2.54. The number of allylic oxidation sites excluding steroid dienone is 1. The van der Waals surface area contributed by atoms with Gasteiger partial charge in [-0.15, -0.1) is 0 Å². The Balaban J connectivity index is 1.93. The minimum absolute atomic E-state index is 0.243. The van der Waals surface area contributed by atoms with Gasteiger partial charge in [0.1, 0.15) is 0 Å². The lowest BCUT2D eigenvalue weighted by Gasteiger charge is -2.06. The summed E-state index contributed by atoms with van der Waals surface area (Å²) in [5, 5.41) is 9.92. The number of unbranched alkanes of at least 4 members (excludes halogenated alkanes) is 7. The quantitative estimate of drug-likeness (QED) is 0.346. The fourth-order valence-corrected chi connectivity index (χ4v) is 2.72. The predicted molar refractivity (Wildman–Crippen MR) is 97.1 cm³/mol. The molecule has 0 fully saturated rings. The van der Waals surface area contributed by atoms with Crippen LogP contribution in [0.25, 0.3) is 0 Å². The summed E-state index contributed by atoms with van der Waals surface area (Å²) in [4.78, 5) is 0. The maximum Gasteiger partial charge on any atom is 0.0720 e. The van der Waals surface area contributed by atoms with Crippen molar-refractivity contribution in [2.75, 3.05) is 0 Å². The first-order valence-electron chi connectivity index (χ1n) is 9.21. The molecular formula is C21H34O. The lowest BCUT2D eigenvalue weighted by molar-refractivity contribution is 0.208. The third-order valence-corrected chi connectivity index (χ3v) is 4.14. The first kappa shape index (κ1) is 19.0. The molecule has 1 unspecified atom stereocenters. The van der Waals surface area contributed by atoms with Crippen LogP contribution in [0.3, 0.4) is 0 Å². The topological polar surface area (TPSA) is 20.2 Å². The minimum Gasteiger partial charge on any atom is -0.389 e. The van der Waals surface area contributed by atoms with Crippen molar-refractivity contribution in [3.8, 4) is 0 Å². The summed E-state index contributed by atoms with van der Waals surface area (Å²) in [6.07, 6.45) is 17.3. The van der Waals surface area contributed by atoms with Gasteiger partial charge in [0, 0.05) is 0 Å². The molecule has 1 aromatic rings. The summed E-state index contributed by atoms with van der Waals surface area (Å²) < 4.78 is 0. The van der Waals surface area contributed by atoms with Gasteiger partial charge in [-0.2, -0.15) is 0 Å². The van der Waals surface area contributed by atoms with E-state index < -0.39 is 0 Å². The monoisotopic (exact) mass is 302 g/mol. The van der Waals surface area contributed by atoms with Crippen LogP contribution in [0, 0.1) is 0 Å². The number of hydrogen-bond donors (Lipinski definition) is 1. The standard InChI is InChI=1S/C21H34O/c1-2-3-4-5-6-7-13-18-21(22)19-14-9-12-17-20-15-10-8-11-16-20/h8,10-11,13,15-16,18,21-22H,2-7,9,12,14,17,19H2,1H3/b18-13+. The Morgan fingerprint density at radius 1 is 0.909 bits per heavy atom. The van der Waals surface area contributed by atoms with Crippen molar-refractivity contribution in [3.63, 3.8) is 0 Å². The second-order valence-electron chi connectivity index (χ2n) is 6.28. The van der Waals surface area contributed by atoms with Gasteiger partial charge < -0.3 is 5.11 Å². The molecular weight excluding hydrogens is 268 g/mol. The lowest BCUT2D eigenvalue weighted by Crippen LogP contribution is -2.01. The Morgan fingerprint density at radius 2 is 1.64 bits per heavy atom. The summed E-state index contributed by atoms with van der Waals surface area (Å²) in [6, 6.07) is 10.7. The number of rotatable bonds is 13. The van der Waals surface area contributed by atoms with Crippen molar-refractivity contribution in [1.29, 1.82) is 0 Å². The molecule has 0 spiro atoms. The third-order valence-electron chi connectivity index (χ3n) is 4.14. The second kappa shape index (κ2) is 13.6. The van der Waals surface area contributed by atoms with Crippen LogP contribution in [-0.2, 0) is 6.42 Å². The fraction of sp³-hybridized carbons (Fsp3) is 0.619. The van der Waals surface area contributed by atoms with E-state index in [0.717, 1.165) is 25.7 Å². The normalized spacial score (nSPS) is 12.8. The summed E-state index contributed by atoms with van der Waals surface area (Å²) in [6.45, 7) is 2.25. The Hall–Kier alpha value is -1.08. The Labute approximate surface area is 137 Å². The van der Waals surface area contributed by atoms with Crippen LogP contribution in [-0.4, -0.2) is 11.2 Å². The first-order valence-corrected chi connectivity index (χ1v) is 9.21. The van der Waals surface area contributed by atoms with Gasteiger partial charge in [0.05, 0.1) is 6.10 Å². The zero-order valence-corrected chi connectivity index (χ0v) is 14.3. The summed E-state index contributed by atoms with van der Waals surface area (Å²) >= 11 is 0. The van der Waals surface area contributed by atoms with Crippen molar-refractivity contribution in [1.82, 2.24) is 0 Å². The van der Waals surface area contributed by atoms with Crippen LogP contribution in [0.1, 0.15) is 76.7 Å². The van der Waals surface area contributed by atoms with E-state index in [0.29, 0.717) is 0 Å². The van der Waals surface area contributed by atoms with Crippen molar-refractivity contribution >= 4 is 0 Å². The zero-order chi connectivity index (χ0) is 15.9. The molecule has 22 heavy (non-hydrogen) atoms. The van der Waals surface area contributed by atoms with Crippen LogP contribution in [0.5, 0.6) is 0 Å². The summed E-state index contributed by atoms with van der Waals surface area (Å²) in [5.74, 6) is 0. The molecule has 1 heteroatoms. The molecule has 124 valence electrons. The number of aliphatic hydroxyl groups excluding tert-OH is 1. The largest absolute Gasteiger partial charge is 0.389 e. The second-order valence-corrected chi connectivity index (χ2v) is 6.28. The van der Waals surface area contributed by atoms with Gasteiger partial charge in [0.2, 0.25) is 0 Å². The number of benzene rings is 1. The highest BCUT2D eigenvalue weighted by Gasteiger charge is 1.99. The zero-order valence-electron chi connectivity index (χ0n) is 14.3. The highest BCUT2D eigenvalue weighted by molar-refractivity contribution is 5.14. The highest BCUT2D eigenvalue weighted by Crippen LogP contribution is 2.10. The molecule has 0 heterocycles. The van der Waals surface area contributed by atoms with Crippen molar-refractivity contribution in [2.45, 2.75) is 83.7 Å². The first-order chi connectivity index (χ1) is 10.8. The van der Waals surface area contributed by atoms with Gasteiger partial charge in [-0.25, -0.2) is 0 Å². The molecule has 0 aliphatic heterocycles. The Kier molecular flexibility index (Phi) is 11.7. The molecule has 0 radical (unpaired) electrons. The van der Waals surface area contributed by atoms with Gasteiger partial charge in [-0.05, 0) is 37.7 Å². The lowest BCUT2D eigenvalue weighted by atomic mass is 10.0. The number of aryl methyl sites for hydroxylation is 1. The summed E-state index contributed by atoms with van der Waals surface area (Å²) in [7, 11) is 0. The average molecular weight is 303 g/mol. The van der Waals surface area contributed by atoms with E-state index >= 15 is 0 Å². The maximum absolute atomic E-state index is 9.92. The van der Waals surface area contributed by atoms with E-state index in [-0.39, 0.29) is 6.10 Å². The van der Waals surface area contributed by atoms with Crippen LogP contribution >= 0.6 is 0 Å². The molecule has 1 aromatic carbocycles. The molecule has 1 atom stereocenters. The van der Waals surface area contributed by atoms with Crippen LogP contribution < -0.4 is 0 Å². The van der Waals surface area contributed by atoms with Crippen molar-refractivity contribution < 1.29 is 5.11 Å². The minimum atomic E-state index is -0.243. The van der Waals surface area contributed by atoms with Gasteiger partial charge in [-0.1, -0.05) is 87.9 Å². The molecule has 0 saturated carbocycles. The van der Waals surface area contributed by atoms with Crippen molar-refractivity contribution in [3.05, 3.63) is 48.0 Å². The predicted octanol–water partition coefficient (Wildman–Crippen LogP) is 6.07. The maximum atomic E-state index is 9.92. The molecule has 1 N–H and O–H groups in total. The SMILES string of the molecule is CCCCCCC/C=C/C(O)CCCCCc1ccccc1. The Bertz CT molecular complexity index is 369. The third kappa shape index (κ3) is 10.6. The number of aliphatic hydroxyl groups is 1. The van der Waals surface area contributed by atoms with E-state index in [2.05, 4.69) is 43.3 Å². The molecule has 1 nitrogen and oxygen atoms in total. The van der Waals surface area contributed by atoms with E-state index in [1.807, 2.05) is 6.08 Å². The van der Waals surface area contributed by atoms with Crippen molar-refractivity contribution in [2.24, 2.45) is 0 Å². The molecule has 0 saturated heterocycles. The van der Waals surface area contributed by atoms with Gasteiger partial charge in [-0.3, -0.25) is 0 Å². The van der Waals surface area contributed by atoms with E-state index in [1.54, 1.807) is 0 Å².